The van der Waals surface area contributed by atoms with Crippen LogP contribution in [0.1, 0.15) is 11.3 Å². The van der Waals surface area contributed by atoms with E-state index >= 15 is 0 Å². The second kappa shape index (κ2) is 6.47. The number of benzene rings is 1. The number of hydrogen-bond acceptors (Lipinski definition) is 3. The minimum absolute atomic E-state index is 0.420. The molecule has 0 fully saturated rings. The molecule has 0 saturated carbocycles. The van der Waals surface area contributed by atoms with Gasteiger partial charge < -0.3 is 4.74 Å². The first-order chi connectivity index (χ1) is 9.02. The van der Waals surface area contributed by atoms with Crippen LogP contribution in [-0.4, -0.2) is 17.1 Å². The molecule has 1 aromatic carbocycles. The summed E-state index contributed by atoms with van der Waals surface area (Å²) in [5.41, 5.74) is 2.87. The number of aryl methyl sites for hydroxylation is 1. The van der Waals surface area contributed by atoms with Crippen LogP contribution in [0, 0.1) is 10.5 Å². The first kappa shape index (κ1) is 15.2. The molecular formula is C13H11BrClIN2O. The van der Waals surface area contributed by atoms with Crippen LogP contribution in [0.4, 0.5) is 0 Å². The lowest BCUT2D eigenvalue weighted by atomic mass is 10.1. The molecular weight excluding hydrogens is 442 g/mol. The monoisotopic (exact) mass is 452 g/mol. The fraction of sp³-hybridized carbons (Fsp3) is 0.231. The lowest BCUT2D eigenvalue weighted by molar-refractivity contribution is 0.181. The van der Waals surface area contributed by atoms with Gasteiger partial charge >= 0.3 is 0 Å². The van der Waals surface area contributed by atoms with Crippen LogP contribution in [0.15, 0.2) is 22.7 Å². The number of aromatic nitrogens is 2. The molecule has 100 valence electrons. The molecule has 1 aromatic heterocycles. The smallest absolute Gasteiger partial charge is 0.161 e. The number of hydrogen-bond donors (Lipinski definition) is 0. The van der Waals surface area contributed by atoms with E-state index in [1.54, 1.807) is 7.11 Å². The quantitative estimate of drug-likeness (QED) is 0.503. The molecule has 6 heteroatoms. The van der Waals surface area contributed by atoms with Crippen molar-refractivity contribution in [2.75, 3.05) is 7.11 Å². The standard InChI is InChI=1S/C13H11BrClIN2O/c1-7-5-8(3-4-9(7)14)13-17-10(6-19-2)11(16)12(15)18-13/h3-5H,6H2,1-2H3. The molecule has 2 rings (SSSR count). The molecule has 0 unspecified atom stereocenters. The Labute approximate surface area is 139 Å². The summed E-state index contributed by atoms with van der Waals surface area (Å²) in [4.78, 5) is 8.85. The number of halogens is 3. The SMILES string of the molecule is COCc1nc(-c2ccc(Br)c(C)c2)nc(Cl)c1I. The van der Waals surface area contributed by atoms with Gasteiger partial charge in [-0.2, -0.15) is 0 Å². The van der Waals surface area contributed by atoms with Gasteiger partial charge in [-0.15, -0.1) is 0 Å². The van der Waals surface area contributed by atoms with Crippen molar-refractivity contribution in [1.82, 2.24) is 9.97 Å². The normalized spacial score (nSPS) is 10.8. The van der Waals surface area contributed by atoms with Gasteiger partial charge in [-0.1, -0.05) is 33.6 Å². The summed E-state index contributed by atoms with van der Waals surface area (Å²) in [5.74, 6) is 0.619. The van der Waals surface area contributed by atoms with Crippen molar-refractivity contribution in [2.45, 2.75) is 13.5 Å². The molecule has 19 heavy (non-hydrogen) atoms. The van der Waals surface area contributed by atoms with Gasteiger partial charge in [-0.25, -0.2) is 9.97 Å². The Morgan fingerprint density at radius 3 is 2.74 bits per heavy atom. The Bertz CT molecular complexity index is 622. The Balaban J connectivity index is 2.52. The van der Waals surface area contributed by atoms with E-state index in [4.69, 9.17) is 16.3 Å². The van der Waals surface area contributed by atoms with Crippen molar-refractivity contribution in [3.63, 3.8) is 0 Å². The second-order valence-electron chi connectivity index (χ2n) is 4.00. The molecule has 1 heterocycles. The van der Waals surface area contributed by atoms with Gasteiger partial charge in [0.2, 0.25) is 0 Å². The van der Waals surface area contributed by atoms with E-state index in [0.29, 0.717) is 17.6 Å². The minimum atomic E-state index is 0.420. The lowest BCUT2D eigenvalue weighted by Crippen LogP contribution is -2.02. The van der Waals surface area contributed by atoms with Crippen molar-refractivity contribution in [1.29, 1.82) is 0 Å². The molecule has 2 aromatic rings. The van der Waals surface area contributed by atoms with Crippen LogP contribution < -0.4 is 0 Å². The third-order valence-electron chi connectivity index (χ3n) is 2.58. The fourth-order valence-corrected chi connectivity index (χ4v) is 2.44. The van der Waals surface area contributed by atoms with E-state index < -0.39 is 0 Å². The topological polar surface area (TPSA) is 35.0 Å². The molecule has 0 amide bonds. The maximum atomic E-state index is 6.15. The zero-order chi connectivity index (χ0) is 14.0. The van der Waals surface area contributed by atoms with Crippen molar-refractivity contribution in [3.8, 4) is 11.4 Å². The first-order valence-electron chi connectivity index (χ1n) is 5.50. The van der Waals surface area contributed by atoms with Gasteiger partial charge in [0, 0.05) is 17.1 Å². The number of ether oxygens (including phenoxy) is 1. The average molecular weight is 454 g/mol. The Morgan fingerprint density at radius 1 is 1.37 bits per heavy atom. The van der Waals surface area contributed by atoms with E-state index in [-0.39, 0.29) is 0 Å². The summed E-state index contributed by atoms with van der Waals surface area (Å²) in [6, 6.07) is 5.97. The van der Waals surface area contributed by atoms with Crippen molar-refractivity contribution < 1.29 is 4.74 Å². The van der Waals surface area contributed by atoms with Crippen LogP contribution in [0.3, 0.4) is 0 Å². The second-order valence-corrected chi connectivity index (χ2v) is 6.29. The summed E-state index contributed by atoms with van der Waals surface area (Å²) < 4.78 is 7.03. The van der Waals surface area contributed by atoms with Crippen molar-refractivity contribution in [2.24, 2.45) is 0 Å². The maximum Gasteiger partial charge on any atom is 0.161 e. The molecule has 0 aliphatic rings. The molecule has 0 atom stereocenters. The Hall–Kier alpha value is -0.240. The van der Waals surface area contributed by atoms with Crippen LogP contribution >= 0.6 is 50.1 Å². The fourth-order valence-electron chi connectivity index (χ4n) is 1.61. The third-order valence-corrected chi connectivity index (χ3v) is 5.19. The summed E-state index contributed by atoms with van der Waals surface area (Å²) in [6.45, 7) is 2.45. The third kappa shape index (κ3) is 3.45. The van der Waals surface area contributed by atoms with Gasteiger partial charge in [0.1, 0.15) is 5.15 Å². The largest absolute Gasteiger partial charge is 0.378 e. The van der Waals surface area contributed by atoms with E-state index in [1.807, 2.05) is 25.1 Å². The summed E-state index contributed by atoms with van der Waals surface area (Å²) in [6.07, 6.45) is 0. The molecule has 0 aliphatic heterocycles. The Morgan fingerprint density at radius 2 is 2.11 bits per heavy atom. The number of nitrogens with zero attached hydrogens (tertiary/aromatic N) is 2. The van der Waals surface area contributed by atoms with Gasteiger partial charge in [0.15, 0.2) is 5.82 Å². The molecule has 0 saturated heterocycles. The first-order valence-corrected chi connectivity index (χ1v) is 7.75. The molecule has 0 N–H and O–H groups in total. The highest BCUT2D eigenvalue weighted by atomic mass is 127. The number of rotatable bonds is 3. The van der Waals surface area contributed by atoms with Crippen LogP contribution in [-0.2, 0) is 11.3 Å². The van der Waals surface area contributed by atoms with Gasteiger partial charge in [-0.3, -0.25) is 0 Å². The lowest BCUT2D eigenvalue weighted by Gasteiger charge is -2.08. The predicted octanol–water partition coefficient (Wildman–Crippen LogP) is 4.62. The molecule has 0 bridgehead atoms. The van der Waals surface area contributed by atoms with Gasteiger partial charge in [0.25, 0.3) is 0 Å². The maximum absolute atomic E-state index is 6.15. The molecule has 0 radical (unpaired) electrons. The van der Waals surface area contributed by atoms with Gasteiger partial charge in [0.05, 0.1) is 15.9 Å². The van der Waals surface area contributed by atoms with Crippen molar-refractivity contribution >= 4 is 50.1 Å². The molecule has 0 spiro atoms. The molecule has 3 nitrogen and oxygen atoms in total. The predicted molar refractivity (Wildman–Crippen MR) is 88.3 cm³/mol. The van der Waals surface area contributed by atoms with Gasteiger partial charge in [-0.05, 0) is 47.2 Å². The summed E-state index contributed by atoms with van der Waals surface area (Å²) in [5, 5.41) is 0.457. The average Bonchev–Trinajstić information content (AvgIpc) is 2.38. The highest BCUT2D eigenvalue weighted by Gasteiger charge is 2.12. The van der Waals surface area contributed by atoms with Crippen LogP contribution in [0.5, 0.6) is 0 Å². The minimum Gasteiger partial charge on any atom is -0.378 e. The molecule has 0 aliphatic carbocycles. The highest BCUT2D eigenvalue weighted by molar-refractivity contribution is 14.1. The van der Waals surface area contributed by atoms with E-state index in [9.17, 15) is 0 Å². The van der Waals surface area contributed by atoms with E-state index in [2.05, 4.69) is 48.5 Å². The summed E-state index contributed by atoms with van der Waals surface area (Å²) in [7, 11) is 1.63. The van der Waals surface area contributed by atoms with E-state index in [1.165, 1.54) is 0 Å². The zero-order valence-corrected chi connectivity index (χ0v) is 14.9. The van der Waals surface area contributed by atoms with E-state index in [0.717, 1.165) is 24.9 Å². The highest BCUT2D eigenvalue weighted by Crippen LogP contribution is 2.26. The Kier molecular flexibility index (Phi) is 5.16. The van der Waals surface area contributed by atoms with Crippen molar-refractivity contribution in [3.05, 3.63) is 42.7 Å². The van der Waals surface area contributed by atoms with Crippen LogP contribution in [0.2, 0.25) is 5.15 Å². The zero-order valence-electron chi connectivity index (χ0n) is 10.4. The van der Waals surface area contributed by atoms with Crippen LogP contribution in [0.25, 0.3) is 11.4 Å². The number of methoxy groups -OCH3 is 1. The summed E-state index contributed by atoms with van der Waals surface area (Å²) >= 11 is 11.8.